The van der Waals surface area contributed by atoms with Gasteiger partial charge in [0.1, 0.15) is 11.6 Å². The number of rotatable bonds is 2. The molecule has 5 aliphatic carbocycles. The number of fused-ring (bicyclic) bond motifs is 7. The van der Waals surface area contributed by atoms with E-state index in [2.05, 4.69) is 34.6 Å². The van der Waals surface area contributed by atoms with Crippen molar-refractivity contribution in [2.24, 2.45) is 56.7 Å². The van der Waals surface area contributed by atoms with Crippen LogP contribution in [-0.4, -0.2) is 22.6 Å². The highest BCUT2D eigenvalue weighted by Crippen LogP contribution is 2.77. The van der Waals surface area contributed by atoms with E-state index in [1.807, 2.05) is 0 Å². The first-order chi connectivity index (χ1) is 15.3. The maximum atomic E-state index is 12.9. The molecule has 0 aromatic carbocycles. The molecule has 0 heterocycles. The van der Waals surface area contributed by atoms with Crippen molar-refractivity contribution in [3.63, 3.8) is 0 Å². The fourth-order valence-electron chi connectivity index (χ4n) is 11.2. The lowest BCUT2D eigenvalue weighted by molar-refractivity contribution is -0.235. The number of aliphatic carboxylic acids is 1. The molecule has 4 nitrogen and oxygen atoms in total. The minimum absolute atomic E-state index is 0.0149. The van der Waals surface area contributed by atoms with E-state index in [1.165, 1.54) is 0 Å². The van der Waals surface area contributed by atoms with Crippen molar-refractivity contribution in [2.75, 3.05) is 0 Å². The summed E-state index contributed by atoms with van der Waals surface area (Å²) in [6, 6.07) is 0. The van der Waals surface area contributed by atoms with Crippen LogP contribution in [0.2, 0.25) is 0 Å². The lowest BCUT2D eigenvalue weighted by atomic mass is 9.32. The number of carbonyl (C=O) groups excluding carboxylic acids is 2. The molecule has 184 valence electrons. The Hall–Kier alpha value is -1.19. The van der Waals surface area contributed by atoms with Crippen LogP contribution in [0.5, 0.6) is 0 Å². The number of Topliss-reactive ketones (excluding diaryl/α,β-unsaturated/α-hetero) is 2. The van der Waals surface area contributed by atoms with E-state index in [4.69, 9.17) is 0 Å². The lowest BCUT2D eigenvalue weighted by Gasteiger charge is -2.72. The van der Waals surface area contributed by atoms with Gasteiger partial charge >= 0.3 is 5.97 Å². The van der Waals surface area contributed by atoms with E-state index in [0.717, 1.165) is 51.4 Å². The molecule has 9 unspecified atom stereocenters. The summed E-state index contributed by atoms with van der Waals surface area (Å²) in [5.41, 5.74) is -0.606. The van der Waals surface area contributed by atoms with Gasteiger partial charge < -0.3 is 5.11 Å². The zero-order valence-corrected chi connectivity index (χ0v) is 21.6. The minimum Gasteiger partial charge on any atom is -0.481 e. The smallest absolute Gasteiger partial charge is 0.309 e. The first-order valence-electron chi connectivity index (χ1n) is 13.5. The highest BCUT2D eigenvalue weighted by molar-refractivity contribution is 5.85. The number of hydrogen-bond acceptors (Lipinski definition) is 3. The highest BCUT2D eigenvalue weighted by atomic mass is 16.4. The zero-order chi connectivity index (χ0) is 24.2. The second-order valence-corrected chi connectivity index (χ2v) is 14.1. The average Bonchev–Trinajstić information content (AvgIpc) is 3.13. The molecular formula is C29H44O4. The summed E-state index contributed by atoms with van der Waals surface area (Å²) in [4.78, 5) is 38.3. The van der Waals surface area contributed by atoms with Crippen LogP contribution in [0.15, 0.2) is 0 Å². The van der Waals surface area contributed by atoms with Crippen LogP contribution < -0.4 is 0 Å². The van der Waals surface area contributed by atoms with Gasteiger partial charge in [0, 0.05) is 17.8 Å². The molecule has 33 heavy (non-hydrogen) atoms. The largest absolute Gasteiger partial charge is 0.481 e. The average molecular weight is 457 g/mol. The second kappa shape index (κ2) is 6.94. The summed E-state index contributed by atoms with van der Waals surface area (Å²) in [5, 5.41) is 10.4. The maximum Gasteiger partial charge on any atom is 0.309 e. The fraction of sp³-hybridized carbons (Fsp3) is 0.897. The third kappa shape index (κ3) is 2.67. The van der Waals surface area contributed by atoms with E-state index < -0.39 is 11.4 Å². The van der Waals surface area contributed by atoms with Crippen molar-refractivity contribution < 1.29 is 19.5 Å². The minimum atomic E-state index is -0.704. The molecule has 0 aromatic rings. The van der Waals surface area contributed by atoms with Gasteiger partial charge in [-0.3, -0.25) is 14.4 Å². The zero-order valence-electron chi connectivity index (χ0n) is 21.6. The molecule has 5 fully saturated rings. The quantitative estimate of drug-likeness (QED) is 0.528. The first-order valence-corrected chi connectivity index (χ1v) is 13.5. The first kappa shape index (κ1) is 23.5. The van der Waals surface area contributed by atoms with Gasteiger partial charge in [-0.15, -0.1) is 0 Å². The SMILES string of the molecule is CC(=O)C1CCC2(C(=O)O)CCC3(C)C(CCC4C5(C)CCC(=O)C(C)(C)C5CCC43C)C12. The summed E-state index contributed by atoms with van der Waals surface area (Å²) >= 11 is 0. The van der Waals surface area contributed by atoms with E-state index in [9.17, 15) is 19.5 Å². The number of carboxylic acid groups (broad SMARTS) is 1. The monoisotopic (exact) mass is 456 g/mol. The molecule has 0 aromatic heterocycles. The molecule has 0 spiro atoms. The molecule has 1 N–H and O–H groups in total. The van der Waals surface area contributed by atoms with Crippen molar-refractivity contribution in [1.29, 1.82) is 0 Å². The Morgan fingerprint density at radius 3 is 2.15 bits per heavy atom. The second-order valence-electron chi connectivity index (χ2n) is 14.1. The van der Waals surface area contributed by atoms with Gasteiger partial charge in [0.2, 0.25) is 0 Å². The third-order valence-electron chi connectivity index (χ3n) is 13.1. The Morgan fingerprint density at radius 1 is 0.818 bits per heavy atom. The van der Waals surface area contributed by atoms with Crippen LogP contribution in [0.3, 0.4) is 0 Å². The van der Waals surface area contributed by atoms with Crippen LogP contribution in [0.4, 0.5) is 0 Å². The van der Waals surface area contributed by atoms with Crippen molar-refractivity contribution in [3.8, 4) is 0 Å². The summed E-state index contributed by atoms with van der Waals surface area (Å²) in [6.45, 7) is 13.5. The molecule has 0 saturated heterocycles. The van der Waals surface area contributed by atoms with Crippen LogP contribution >= 0.6 is 0 Å². The molecular weight excluding hydrogens is 412 g/mol. The molecule has 0 radical (unpaired) electrons. The normalized spacial score (nSPS) is 52.8. The number of carboxylic acids is 1. The van der Waals surface area contributed by atoms with Crippen LogP contribution in [-0.2, 0) is 14.4 Å². The Kier molecular flexibility index (Phi) is 4.95. The maximum absolute atomic E-state index is 12.9. The topological polar surface area (TPSA) is 71.4 Å². The fourth-order valence-corrected chi connectivity index (χ4v) is 11.2. The van der Waals surface area contributed by atoms with Crippen molar-refractivity contribution in [3.05, 3.63) is 0 Å². The summed E-state index contributed by atoms with van der Waals surface area (Å²) in [5.74, 6) is 1.17. The number of carbonyl (C=O) groups is 3. The van der Waals surface area contributed by atoms with E-state index in [-0.39, 0.29) is 39.3 Å². The molecule has 9 atom stereocenters. The van der Waals surface area contributed by atoms with Crippen LogP contribution in [0, 0.1) is 56.7 Å². The van der Waals surface area contributed by atoms with Gasteiger partial charge in [0.25, 0.3) is 0 Å². The lowest BCUT2D eigenvalue weighted by Crippen LogP contribution is -2.66. The van der Waals surface area contributed by atoms with Crippen LogP contribution in [0.25, 0.3) is 0 Å². The number of ketones is 2. The molecule has 0 bridgehead atoms. The van der Waals surface area contributed by atoms with Crippen molar-refractivity contribution >= 4 is 17.5 Å². The van der Waals surface area contributed by atoms with Crippen molar-refractivity contribution in [1.82, 2.24) is 0 Å². The van der Waals surface area contributed by atoms with Crippen molar-refractivity contribution in [2.45, 2.75) is 106 Å². The number of hydrogen-bond donors (Lipinski definition) is 1. The van der Waals surface area contributed by atoms with Gasteiger partial charge in [0.05, 0.1) is 5.41 Å². The predicted octanol–water partition coefficient (Wildman–Crippen LogP) is 6.31. The van der Waals surface area contributed by atoms with Gasteiger partial charge in [-0.25, -0.2) is 0 Å². The Balaban J connectivity index is 1.57. The van der Waals surface area contributed by atoms with E-state index >= 15 is 0 Å². The molecule has 5 aliphatic rings. The molecule has 0 amide bonds. The predicted molar refractivity (Wildman–Crippen MR) is 127 cm³/mol. The summed E-state index contributed by atoms with van der Waals surface area (Å²) in [6.07, 6.45) is 9.16. The van der Waals surface area contributed by atoms with Gasteiger partial charge in [0.15, 0.2) is 0 Å². The van der Waals surface area contributed by atoms with Gasteiger partial charge in [-0.1, -0.05) is 34.6 Å². The Morgan fingerprint density at radius 2 is 1.52 bits per heavy atom. The molecule has 5 saturated carbocycles. The molecule has 5 rings (SSSR count). The Bertz CT molecular complexity index is 905. The molecule has 4 heteroatoms. The summed E-state index contributed by atoms with van der Waals surface area (Å²) < 4.78 is 0. The third-order valence-corrected chi connectivity index (χ3v) is 13.1. The Labute approximate surface area is 199 Å². The van der Waals surface area contributed by atoms with Crippen LogP contribution in [0.1, 0.15) is 106 Å². The summed E-state index contributed by atoms with van der Waals surface area (Å²) in [7, 11) is 0. The van der Waals surface area contributed by atoms with E-state index in [1.54, 1.807) is 6.92 Å². The standard InChI is InChI=1S/C29H44O4/c1-17(30)18-9-14-29(24(32)33)16-15-27(5)19(23(18)29)7-8-21-26(4)12-11-22(31)25(2,3)20(26)10-13-28(21,27)6/h18-21,23H,7-16H2,1-6H3,(H,32,33). The molecule has 0 aliphatic heterocycles. The van der Waals surface area contributed by atoms with Gasteiger partial charge in [-0.05, 0) is 105 Å². The van der Waals surface area contributed by atoms with Gasteiger partial charge in [-0.2, -0.15) is 0 Å². The highest BCUT2D eigenvalue weighted by Gasteiger charge is 2.72. The van der Waals surface area contributed by atoms with E-state index in [0.29, 0.717) is 36.4 Å².